The SMILES string of the molecule is CC(C)NCc1cc(Br)cnc1N1CCCC1C(C)C. The van der Waals surface area contributed by atoms with Crippen LogP contribution in [0.4, 0.5) is 5.82 Å². The Morgan fingerprint density at radius 2 is 2.15 bits per heavy atom. The van der Waals surface area contributed by atoms with Gasteiger partial charge in [0.15, 0.2) is 0 Å². The van der Waals surface area contributed by atoms with Crippen LogP contribution in [0.1, 0.15) is 46.1 Å². The molecule has 1 N–H and O–H groups in total. The van der Waals surface area contributed by atoms with E-state index < -0.39 is 0 Å². The van der Waals surface area contributed by atoms with Crippen molar-refractivity contribution >= 4 is 21.7 Å². The molecule has 1 unspecified atom stereocenters. The fraction of sp³-hybridized carbons (Fsp3) is 0.688. The Hall–Kier alpha value is -0.610. The molecular formula is C16H26BrN3. The first-order valence-electron chi connectivity index (χ1n) is 7.63. The lowest BCUT2D eigenvalue weighted by Gasteiger charge is -2.30. The molecule has 0 aromatic carbocycles. The van der Waals surface area contributed by atoms with Crippen molar-refractivity contribution in [1.82, 2.24) is 10.3 Å². The van der Waals surface area contributed by atoms with Gasteiger partial charge in [0.25, 0.3) is 0 Å². The van der Waals surface area contributed by atoms with Gasteiger partial charge in [-0.1, -0.05) is 27.7 Å². The summed E-state index contributed by atoms with van der Waals surface area (Å²) >= 11 is 3.55. The maximum atomic E-state index is 4.71. The van der Waals surface area contributed by atoms with Crippen molar-refractivity contribution in [3.05, 3.63) is 22.3 Å². The Morgan fingerprint density at radius 3 is 2.80 bits per heavy atom. The maximum absolute atomic E-state index is 4.71. The summed E-state index contributed by atoms with van der Waals surface area (Å²) in [5.41, 5.74) is 1.29. The average molecular weight is 340 g/mol. The van der Waals surface area contributed by atoms with Crippen molar-refractivity contribution < 1.29 is 0 Å². The molecule has 1 aliphatic rings. The molecule has 0 spiro atoms. The first kappa shape index (κ1) is 15.8. The highest BCUT2D eigenvalue weighted by atomic mass is 79.9. The number of hydrogen-bond acceptors (Lipinski definition) is 3. The smallest absolute Gasteiger partial charge is 0.133 e. The minimum absolute atomic E-state index is 0.487. The molecule has 0 bridgehead atoms. The Balaban J connectivity index is 2.25. The van der Waals surface area contributed by atoms with Gasteiger partial charge in [0.2, 0.25) is 0 Å². The number of anilines is 1. The summed E-state index contributed by atoms with van der Waals surface area (Å²) in [6.07, 6.45) is 4.48. The average Bonchev–Trinajstić information content (AvgIpc) is 2.85. The van der Waals surface area contributed by atoms with Gasteiger partial charge in [-0.25, -0.2) is 4.98 Å². The van der Waals surface area contributed by atoms with E-state index in [4.69, 9.17) is 4.98 Å². The summed E-state index contributed by atoms with van der Waals surface area (Å²) in [7, 11) is 0. The third-order valence-electron chi connectivity index (χ3n) is 3.95. The molecule has 1 fully saturated rings. The van der Waals surface area contributed by atoms with Gasteiger partial charge in [-0.05, 0) is 40.8 Å². The summed E-state index contributed by atoms with van der Waals surface area (Å²) in [6, 6.07) is 3.32. The number of nitrogens with one attached hydrogen (secondary N) is 1. The largest absolute Gasteiger partial charge is 0.353 e. The summed E-state index contributed by atoms with van der Waals surface area (Å²) in [4.78, 5) is 7.22. The lowest BCUT2D eigenvalue weighted by atomic mass is 10.0. The van der Waals surface area contributed by atoms with E-state index in [1.807, 2.05) is 6.20 Å². The first-order chi connectivity index (χ1) is 9.49. The Labute approximate surface area is 131 Å². The molecule has 2 heterocycles. The van der Waals surface area contributed by atoms with E-state index in [0.717, 1.165) is 23.4 Å². The molecule has 112 valence electrons. The molecule has 1 aliphatic heterocycles. The highest BCUT2D eigenvalue weighted by molar-refractivity contribution is 9.10. The number of aromatic nitrogens is 1. The first-order valence-corrected chi connectivity index (χ1v) is 8.42. The van der Waals surface area contributed by atoms with E-state index in [2.05, 4.69) is 59.9 Å². The van der Waals surface area contributed by atoms with Crippen LogP contribution in [0, 0.1) is 5.92 Å². The third-order valence-corrected chi connectivity index (χ3v) is 4.38. The summed E-state index contributed by atoms with van der Waals surface area (Å²) in [5, 5.41) is 3.51. The van der Waals surface area contributed by atoms with Crippen LogP contribution in [-0.2, 0) is 6.54 Å². The number of pyridine rings is 1. The van der Waals surface area contributed by atoms with E-state index >= 15 is 0 Å². The summed E-state index contributed by atoms with van der Waals surface area (Å²) < 4.78 is 1.06. The van der Waals surface area contributed by atoms with Crippen molar-refractivity contribution in [3.8, 4) is 0 Å². The zero-order valence-electron chi connectivity index (χ0n) is 13.0. The van der Waals surface area contributed by atoms with Crippen LogP contribution in [-0.4, -0.2) is 23.6 Å². The lowest BCUT2D eigenvalue weighted by molar-refractivity contribution is 0.487. The van der Waals surface area contributed by atoms with Crippen molar-refractivity contribution in [1.29, 1.82) is 0 Å². The Kier molecular flexibility index (Phi) is 5.44. The second-order valence-corrected chi connectivity index (χ2v) is 7.23. The number of halogens is 1. The molecule has 1 atom stereocenters. The second kappa shape index (κ2) is 6.90. The van der Waals surface area contributed by atoms with Crippen molar-refractivity contribution in [2.75, 3.05) is 11.4 Å². The molecule has 0 amide bonds. The van der Waals surface area contributed by atoms with Crippen LogP contribution in [0.25, 0.3) is 0 Å². The predicted molar refractivity (Wildman–Crippen MR) is 89.1 cm³/mol. The number of hydrogen-bond donors (Lipinski definition) is 1. The number of rotatable bonds is 5. The monoisotopic (exact) mass is 339 g/mol. The number of nitrogens with zero attached hydrogens (tertiary/aromatic N) is 2. The van der Waals surface area contributed by atoms with E-state index in [9.17, 15) is 0 Å². The maximum Gasteiger partial charge on any atom is 0.133 e. The zero-order valence-corrected chi connectivity index (χ0v) is 14.6. The Morgan fingerprint density at radius 1 is 1.40 bits per heavy atom. The summed E-state index contributed by atoms with van der Waals surface area (Å²) in [6.45, 7) is 11.0. The molecule has 1 aromatic heterocycles. The van der Waals surface area contributed by atoms with Crippen molar-refractivity contribution in [2.24, 2.45) is 5.92 Å². The molecule has 20 heavy (non-hydrogen) atoms. The predicted octanol–water partition coefficient (Wildman–Crippen LogP) is 3.97. The molecule has 0 aliphatic carbocycles. The van der Waals surface area contributed by atoms with Gasteiger partial charge >= 0.3 is 0 Å². The highest BCUT2D eigenvalue weighted by Gasteiger charge is 2.29. The molecule has 4 heteroatoms. The van der Waals surface area contributed by atoms with Gasteiger partial charge in [-0.2, -0.15) is 0 Å². The fourth-order valence-electron chi connectivity index (χ4n) is 2.93. The fourth-order valence-corrected chi connectivity index (χ4v) is 3.30. The summed E-state index contributed by atoms with van der Waals surface area (Å²) in [5.74, 6) is 1.84. The highest BCUT2D eigenvalue weighted by Crippen LogP contribution is 2.31. The lowest BCUT2D eigenvalue weighted by Crippen LogP contribution is -2.35. The minimum atomic E-state index is 0.487. The van der Waals surface area contributed by atoms with Gasteiger partial charge in [-0.15, -0.1) is 0 Å². The van der Waals surface area contributed by atoms with Crippen LogP contribution in [0.15, 0.2) is 16.7 Å². The van der Waals surface area contributed by atoms with E-state index in [-0.39, 0.29) is 0 Å². The van der Waals surface area contributed by atoms with E-state index in [0.29, 0.717) is 18.0 Å². The van der Waals surface area contributed by atoms with Crippen molar-refractivity contribution in [2.45, 2.75) is 59.2 Å². The molecule has 1 aromatic rings. The second-order valence-electron chi connectivity index (χ2n) is 6.32. The van der Waals surface area contributed by atoms with Crippen LogP contribution in [0.5, 0.6) is 0 Å². The van der Waals surface area contributed by atoms with Gasteiger partial charge < -0.3 is 10.2 Å². The molecule has 1 saturated heterocycles. The quantitative estimate of drug-likeness (QED) is 0.879. The standard InChI is InChI=1S/C16H26BrN3/c1-11(2)15-6-5-7-20(15)16-13(9-18-12(3)4)8-14(17)10-19-16/h8,10-12,15,18H,5-7,9H2,1-4H3. The van der Waals surface area contributed by atoms with Crippen LogP contribution in [0.2, 0.25) is 0 Å². The van der Waals surface area contributed by atoms with Gasteiger partial charge in [0, 0.05) is 41.4 Å². The minimum Gasteiger partial charge on any atom is -0.353 e. The molecular weight excluding hydrogens is 314 g/mol. The van der Waals surface area contributed by atoms with Gasteiger partial charge in [-0.3, -0.25) is 0 Å². The van der Waals surface area contributed by atoms with E-state index in [1.54, 1.807) is 0 Å². The van der Waals surface area contributed by atoms with Gasteiger partial charge in [0.05, 0.1) is 0 Å². The van der Waals surface area contributed by atoms with Gasteiger partial charge in [0.1, 0.15) is 5.82 Å². The zero-order chi connectivity index (χ0) is 14.7. The van der Waals surface area contributed by atoms with Crippen molar-refractivity contribution in [3.63, 3.8) is 0 Å². The topological polar surface area (TPSA) is 28.2 Å². The van der Waals surface area contributed by atoms with Crippen LogP contribution < -0.4 is 10.2 Å². The molecule has 0 radical (unpaired) electrons. The molecule has 3 nitrogen and oxygen atoms in total. The third kappa shape index (κ3) is 3.73. The van der Waals surface area contributed by atoms with Crippen LogP contribution >= 0.6 is 15.9 Å². The normalized spacial score (nSPS) is 19.4. The molecule has 0 saturated carbocycles. The van der Waals surface area contributed by atoms with Crippen LogP contribution in [0.3, 0.4) is 0 Å². The molecule has 2 rings (SSSR count). The Bertz CT molecular complexity index is 445. The van der Waals surface area contributed by atoms with E-state index in [1.165, 1.54) is 18.4 Å².